The normalized spacial score (nSPS) is 14.5. The lowest BCUT2D eigenvalue weighted by Gasteiger charge is -2.35. The lowest BCUT2D eigenvalue weighted by molar-refractivity contribution is 0.0240. The number of hydrogen-bond donors (Lipinski definition) is 0. The van der Waals surface area contributed by atoms with E-state index in [4.69, 9.17) is 14.2 Å². The quantitative estimate of drug-likeness (QED) is 0.772. The number of piperazine rings is 1. The molecule has 0 aromatic carbocycles. The van der Waals surface area contributed by atoms with Crippen molar-refractivity contribution < 1.29 is 19.0 Å². The van der Waals surface area contributed by atoms with E-state index in [2.05, 4.69) is 19.9 Å². The largest absolute Gasteiger partial charge is 0.491 e. The van der Waals surface area contributed by atoms with Crippen molar-refractivity contribution in [2.75, 3.05) is 45.3 Å². The van der Waals surface area contributed by atoms with Crippen LogP contribution in [0.1, 0.15) is 20.8 Å². The highest BCUT2D eigenvalue weighted by atomic mass is 16.6. The van der Waals surface area contributed by atoms with Crippen LogP contribution in [0.3, 0.4) is 0 Å². The molecule has 2 aromatic heterocycles. The summed E-state index contributed by atoms with van der Waals surface area (Å²) in [4.78, 5) is 29.3. The molecule has 0 atom stereocenters. The Balaban J connectivity index is 1.70. The van der Waals surface area contributed by atoms with Gasteiger partial charge in [-0.2, -0.15) is 0 Å². The second-order valence-corrected chi connectivity index (χ2v) is 7.63. The maximum absolute atomic E-state index is 12.2. The van der Waals surface area contributed by atoms with Gasteiger partial charge in [0, 0.05) is 44.1 Å². The molecule has 3 rings (SSSR count). The van der Waals surface area contributed by atoms with E-state index in [1.807, 2.05) is 32.9 Å². The van der Waals surface area contributed by atoms with Gasteiger partial charge >= 0.3 is 6.09 Å². The Bertz CT molecular complexity index is 860. The summed E-state index contributed by atoms with van der Waals surface area (Å²) in [5.41, 5.74) is 1.04. The predicted molar refractivity (Wildman–Crippen MR) is 108 cm³/mol. The van der Waals surface area contributed by atoms with Crippen LogP contribution in [-0.2, 0) is 4.74 Å². The SMILES string of the molecule is COc1cc(-c2ccnc(N3CCN(C(=O)OC(C)(C)C)CC3)n2)cnc1OC. The summed E-state index contributed by atoms with van der Waals surface area (Å²) in [6.45, 7) is 7.97. The van der Waals surface area contributed by atoms with E-state index in [1.165, 1.54) is 0 Å². The first-order chi connectivity index (χ1) is 13.8. The van der Waals surface area contributed by atoms with Crippen LogP contribution in [-0.4, -0.2) is 71.9 Å². The summed E-state index contributed by atoms with van der Waals surface area (Å²) in [7, 11) is 3.11. The zero-order valence-corrected chi connectivity index (χ0v) is 17.5. The molecule has 1 aliphatic rings. The first kappa shape index (κ1) is 20.6. The van der Waals surface area contributed by atoms with Crippen LogP contribution in [0.25, 0.3) is 11.3 Å². The fourth-order valence-corrected chi connectivity index (χ4v) is 2.95. The van der Waals surface area contributed by atoms with Gasteiger partial charge in [0.05, 0.1) is 19.9 Å². The van der Waals surface area contributed by atoms with Gasteiger partial charge in [0.2, 0.25) is 5.95 Å². The number of ether oxygens (including phenoxy) is 3. The van der Waals surface area contributed by atoms with Gasteiger partial charge in [0.25, 0.3) is 5.88 Å². The minimum Gasteiger partial charge on any atom is -0.491 e. The highest BCUT2D eigenvalue weighted by Crippen LogP contribution is 2.29. The molecule has 156 valence electrons. The first-order valence-electron chi connectivity index (χ1n) is 9.45. The fourth-order valence-electron chi connectivity index (χ4n) is 2.95. The molecule has 29 heavy (non-hydrogen) atoms. The molecule has 0 bridgehead atoms. The molecule has 3 heterocycles. The lowest BCUT2D eigenvalue weighted by Crippen LogP contribution is -2.50. The van der Waals surface area contributed by atoms with E-state index in [0.717, 1.165) is 11.3 Å². The molecule has 1 amide bonds. The van der Waals surface area contributed by atoms with Crippen molar-refractivity contribution in [3.05, 3.63) is 24.5 Å². The summed E-state index contributed by atoms with van der Waals surface area (Å²) in [5, 5.41) is 0. The van der Waals surface area contributed by atoms with Crippen molar-refractivity contribution in [1.29, 1.82) is 0 Å². The van der Waals surface area contributed by atoms with E-state index < -0.39 is 5.60 Å². The number of pyridine rings is 1. The van der Waals surface area contributed by atoms with Crippen molar-refractivity contribution in [3.63, 3.8) is 0 Å². The van der Waals surface area contributed by atoms with Crippen LogP contribution >= 0.6 is 0 Å². The van der Waals surface area contributed by atoms with Gasteiger partial charge < -0.3 is 24.0 Å². The Labute approximate surface area is 170 Å². The van der Waals surface area contributed by atoms with Gasteiger partial charge in [-0.3, -0.25) is 0 Å². The molecule has 9 heteroatoms. The third-order valence-electron chi connectivity index (χ3n) is 4.38. The molecule has 0 N–H and O–H groups in total. The topological polar surface area (TPSA) is 89.9 Å². The molecule has 1 saturated heterocycles. The molecular weight excluding hydrogens is 374 g/mol. The zero-order chi connectivity index (χ0) is 21.0. The van der Waals surface area contributed by atoms with Crippen molar-refractivity contribution in [2.24, 2.45) is 0 Å². The zero-order valence-electron chi connectivity index (χ0n) is 17.5. The number of amides is 1. The number of rotatable bonds is 4. The van der Waals surface area contributed by atoms with Crippen LogP contribution in [0.4, 0.5) is 10.7 Å². The van der Waals surface area contributed by atoms with Gasteiger partial charge in [-0.15, -0.1) is 0 Å². The van der Waals surface area contributed by atoms with E-state index in [0.29, 0.717) is 43.8 Å². The Morgan fingerprint density at radius 1 is 1.07 bits per heavy atom. The molecule has 0 spiro atoms. The van der Waals surface area contributed by atoms with Crippen LogP contribution in [0, 0.1) is 0 Å². The standard InChI is InChI=1S/C20H27N5O4/c1-20(2,3)29-19(26)25-10-8-24(9-11-25)18-21-7-6-15(23-18)14-12-16(27-4)17(28-5)22-13-14/h6-7,12-13H,8-11H2,1-5H3. The maximum Gasteiger partial charge on any atom is 0.410 e. The van der Waals surface area contributed by atoms with Crippen LogP contribution in [0.2, 0.25) is 0 Å². The lowest BCUT2D eigenvalue weighted by atomic mass is 10.2. The molecule has 9 nitrogen and oxygen atoms in total. The average Bonchev–Trinajstić information content (AvgIpc) is 2.72. The third-order valence-corrected chi connectivity index (χ3v) is 4.38. The highest BCUT2D eigenvalue weighted by Gasteiger charge is 2.26. The van der Waals surface area contributed by atoms with Crippen LogP contribution < -0.4 is 14.4 Å². The molecule has 0 unspecified atom stereocenters. The fraction of sp³-hybridized carbons (Fsp3) is 0.500. The van der Waals surface area contributed by atoms with E-state index in [-0.39, 0.29) is 6.09 Å². The summed E-state index contributed by atoms with van der Waals surface area (Å²) in [5.74, 6) is 1.57. The molecular formula is C20H27N5O4. The summed E-state index contributed by atoms with van der Waals surface area (Å²) in [6, 6.07) is 3.65. The summed E-state index contributed by atoms with van der Waals surface area (Å²) in [6.07, 6.45) is 3.12. The minimum atomic E-state index is -0.501. The molecule has 0 saturated carbocycles. The summed E-state index contributed by atoms with van der Waals surface area (Å²) >= 11 is 0. The van der Waals surface area contributed by atoms with Gasteiger partial charge in [-0.1, -0.05) is 0 Å². The van der Waals surface area contributed by atoms with Crippen molar-refractivity contribution in [3.8, 4) is 22.9 Å². The highest BCUT2D eigenvalue weighted by molar-refractivity contribution is 5.68. The maximum atomic E-state index is 12.2. The Kier molecular flexibility index (Phi) is 6.05. The van der Waals surface area contributed by atoms with Crippen molar-refractivity contribution in [1.82, 2.24) is 19.9 Å². The van der Waals surface area contributed by atoms with Gasteiger partial charge in [-0.05, 0) is 32.9 Å². The van der Waals surface area contributed by atoms with Crippen LogP contribution in [0.5, 0.6) is 11.6 Å². The molecule has 0 radical (unpaired) electrons. The van der Waals surface area contributed by atoms with E-state index in [9.17, 15) is 4.79 Å². The number of methoxy groups -OCH3 is 2. The van der Waals surface area contributed by atoms with E-state index in [1.54, 1.807) is 31.5 Å². The molecule has 1 fully saturated rings. The Hall–Kier alpha value is -3.10. The number of hydrogen-bond acceptors (Lipinski definition) is 8. The number of carbonyl (C=O) groups is 1. The number of carbonyl (C=O) groups excluding carboxylic acids is 1. The van der Waals surface area contributed by atoms with Crippen molar-refractivity contribution in [2.45, 2.75) is 26.4 Å². The van der Waals surface area contributed by atoms with Crippen molar-refractivity contribution >= 4 is 12.0 Å². The van der Waals surface area contributed by atoms with Crippen LogP contribution in [0.15, 0.2) is 24.5 Å². The van der Waals surface area contributed by atoms with Gasteiger partial charge in [0.1, 0.15) is 5.60 Å². The second-order valence-electron chi connectivity index (χ2n) is 7.63. The Morgan fingerprint density at radius 3 is 2.41 bits per heavy atom. The molecule has 2 aromatic rings. The summed E-state index contributed by atoms with van der Waals surface area (Å²) < 4.78 is 16.0. The monoisotopic (exact) mass is 401 g/mol. The Morgan fingerprint density at radius 2 is 1.79 bits per heavy atom. The van der Waals surface area contributed by atoms with Gasteiger partial charge in [-0.25, -0.2) is 19.7 Å². The number of anilines is 1. The number of aromatic nitrogens is 3. The smallest absolute Gasteiger partial charge is 0.410 e. The molecule has 0 aliphatic carbocycles. The second kappa shape index (κ2) is 8.50. The van der Waals surface area contributed by atoms with E-state index >= 15 is 0 Å². The molecule has 1 aliphatic heterocycles. The predicted octanol–water partition coefficient (Wildman–Crippen LogP) is 2.61. The average molecular weight is 401 g/mol. The third kappa shape index (κ3) is 5.04. The first-order valence-corrected chi connectivity index (χ1v) is 9.45. The minimum absolute atomic E-state index is 0.289. The number of nitrogens with zero attached hydrogens (tertiary/aromatic N) is 5. The van der Waals surface area contributed by atoms with Gasteiger partial charge in [0.15, 0.2) is 5.75 Å².